The molecule has 7 heteroatoms. The molecule has 3 aromatic carbocycles. The summed E-state index contributed by atoms with van der Waals surface area (Å²) < 4.78 is 6.95. The summed E-state index contributed by atoms with van der Waals surface area (Å²) in [4.78, 5) is 0. The quantitative estimate of drug-likeness (QED) is 0.242. The molecule has 0 unspecified atom stereocenters. The summed E-state index contributed by atoms with van der Waals surface area (Å²) >= 11 is 11.0. The normalized spacial score (nSPS) is 11.7. The molecule has 0 aromatic heterocycles. The van der Waals surface area contributed by atoms with Gasteiger partial charge in [-0.15, -0.1) is 5.10 Å². The molecule has 0 saturated carbocycles. The second-order valence-electron chi connectivity index (χ2n) is 6.06. The Hall–Kier alpha value is -2.28. The lowest BCUT2D eigenvalue weighted by atomic mass is 10.2. The van der Waals surface area contributed by atoms with Gasteiger partial charge in [-0.25, -0.2) is 0 Å². The Morgan fingerprint density at radius 1 is 1.03 bits per heavy atom. The van der Waals surface area contributed by atoms with Crippen molar-refractivity contribution in [3.63, 3.8) is 0 Å². The fourth-order valence-corrected chi connectivity index (χ4v) is 3.69. The molecule has 0 bridgehead atoms. The number of nitrogens with zero attached hydrogens (tertiary/aromatic N) is 2. The molecule has 0 atom stereocenters. The van der Waals surface area contributed by atoms with E-state index in [4.69, 9.17) is 22.1 Å². The highest BCUT2D eigenvalue weighted by Crippen LogP contribution is 2.23. The van der Waals surface area contributed by atoms with E-state index in [2.05, 4.69) is 26.1 Å². The second kappa shape index (κ2) is 11.0. The number of ether oxygens (including phenoxy) is 1. The molecule has 0 fully saturated rings. The smallest absolute Gasteiger partial charge is 0.180 e. The molecule has 0 aliphatic heterocycles. The molecule has 0 heterocycles. The molecule has 0 spiro atoms. The molecule has 2 N–H and O–H groups in total. The van der Waals surface area contributed by atoms with Gasteiger partial charge in [-0.05, 0) is 41.5 Å². The lowest BCUT2D eigenvalue weighted by Crippen LogP contribution is -2.06. The van der Waals surface area contributed by atoms with Crippen molar-refractivity contribution < 1.29 is 4.74 Å². The molecule has 0 aliphatic carbocycles. The topological polar surface area (TPSA) is 60.0 Å². The summed E-state index contributed by atoms with van der Waals surface area (Å²) in [5, 5.41) is 9.14. The molecule has 4 nitrogen and oxygen atoms in total. The summed E-state index contributed by atoms with van der Waals surface area (Å²) in [7, 11) is 0. The second-order valence-corrected chi connectivity index (χ2v) is 8.41. The van der Waals surface area contributed by atoms with Gasteiger partial charge in [0.15, 0.2) is 5.17 Å². The van der Waals surface area contributed by atoms with Crippen molar-refractivity contribution in [1.82, 2.24) is 0 Å². The van der Waals surface area contributed by atoms with Crippen LogP contribution in [0.2, 0.25) is 5.02 Å². The van der Waals surface area contributed by atoms with Gasteiger partial charge in [0, 0.05) is 20.8 Å². The van der Waals surface area contributed by atoms with Gasteiger partial charge in [-0.3, -0.25) is 0 Å². The predicted octanol–water partition coefficient (Wildman–Crippen LogP) is 6.26. The lowest BCUT2D eigenvalue weighted by molar-refractivity contribution is 0.305. The van der Waals surface area contributed by atoms with Crippen molar-refractivity contribution in [1.29, 1.82) is 0 Å². The minimum atomic E-state index is 0.392. The maximum atomic E-state index is 6.13. The van der Waals surface area contributed by atoms with Crippen LogP contribution in [0, 0.1) is 0 Å². The van der Waals surface area contributed by atoms with E-state index in [9.17, 15) is 0 Å². The zero-order valence-electron chi connectivity index (χ0n) is 15.5. The molecule has 0 aliphatic rings. The van der Waals surface area contributed by atoms with Crippen molar-refractivity contribution in [2.75, 3.05) is 0 Å². The lowest BCUT2D eigenvalue weighted by Gasteiger charge is -2.09. The number of thioether (sulfide) groups is 1. The zero-order valence-corrected chi connectivity index (χ0v) is 18.6. The molecule has 0 radical (unpaired) electrons. The monoisotopic (exact) mass is 487 g/mol. The van der Waals surface area contributed by atoms with Crippen LogP contribution in [-0.4, -0.2) is 11.4 Å². The van der Waals surface area contributed by atoms with E-state index in [0.717, 1.165) is 21.4 Å². The van der Waals surface area contributed by atoms with Gasteiger partial charge in [0.2, 0.25) is 0 Å². The molecular weight excluding hydrogens is 470 g/mol. The number of hydrogen-bond donors (Lipinski definition) is 1. The van der Waals surface area contributed by atoms with Gasteiger partial charge in [0.1, 0.15) is 12.4 Å². The highest BCUT2D eigenvalue weighted by Gasteiger charge is 2.04. The Morgan fingerprint density at radius 2 is 1.83 bits per heavy atom. The van der Waals surface area contributed by atoms with Gasteiger partial charge in [-0.2, -0.15) is 5.10 Å². The fraction of sp³-hybridized carbons (Fsp3) is 0.0909. The minimum absolute atomic E-state index is 0.392. The minimum Gasteiger partial charge on any atom is -0.488 e. The predicted molar refractivity (Wildman–Crippen MR) is 127 cm³/mol. The van der Waals surface area contributed by atoms with Crippen LogP contribution in [0.3, 0.4) is 0 Å². The number of rotatable bonds is 7. The van der Waals surface area contributed by atoms with E-state index in [-0.39, 0.29) is 0 Å². The molecule has 29 heavy (non-hydrogen) atoms. The Morgan fingerprint density at radius 3 is 2.62 bits per heavy atom. The van der Waals surface area contributed by atoms with Crippen LogP contribution < -0.4 is 10.5 Å². The first-order valence-electron chi connectivity index (χ1n) is 8.80. The molecule has 148 valence electrons. The van der Waals surface area contributed by atoms with Gasteiger partial charge in [0.25, 0.3) is 0 Å². The third-order valence-corrected chi connectivity index (χ3v) is 5.42. The Balaban J connectivity index is 1.63. The van der Waals surface area contributed by atoms with Gasteiger partial charge in [0.05, 0.1) is 6.21 Å². The molecular formula is C22H19BrClN3OS. The molecule has 3 rings (SSSR count). The number of benzene rings is 3. The molecule has 0 amide bonds. The van der Waals surface area contributed by atoms with E-state index in [1.54, 1.807) is 18.3 Å². The Labute approximate surface area is 188 Å². The highest BCUT2D eigenvalue weighted by molar-refractivity contribution is 9.10. The zero-order chi connectivity index (χ0) is 20.5. The summed E-state index contributed by atoms with van der Waals surface area (Å²) in [6, 6.07) is 23.4. The SMILES string of the molecule is NC(=NN=Cc1cc(Cl)ccc1OCc1cccc(Br)c1)SCc1ccccc1. The number of hydrogen-bond acceptors (Lipinski definition) is 4. The largest absolute Gasteiger partial charge is 0.488 e. The third kappa shape index (κ3) is 7.24. The van der Waals surface area contributed by atoms with Crippen molar-refractivity contribution >= 4 is 50.7 Å². The molecule has 0 saturated heterocycles. The van der Waals surface area contributed by atoms with E-state index in [1.165, 1.54) is 17.3 Å². The first-order chi connectivity index (χ1) is 14.1. The maximum Gasteiger partial charge on any atom is 0.180 e. The van der Waals surface area contributed by atoms with Crippen molar-refractivity contribution in [2.24, 2.45) is 15.9 Å². The van der Waals surface area contributed by atoms with Crippen LogP contribution >= 0.6 is 39.3 Å². The summed E-state index contributed by atoms with van der Waals surface area (Å²) in [6.07, 6.45) is 1.60. The van der Waals surface area contributed by atoms with Crippen LogP contribution in [0.25, 0.3) is 0 Å². The van der Waals surface area contributed by atoms with Crippen molar-refractivity contribution in [2.45, 2.75) is 12.4 Å². The van der Waals surface area contributed by atoms with Gasteiger partial charge < -0.3 is 10.5 Å². The standard InChI is InChI=1S/C22H19BrClN3OS/c23-19-8-4-7-17(11-19)14-28-21-10-9-20(24)12-18(21)13-26-27-22(25)29-15-16-5-2-1-3-6-16/h1-13H,14-15H2,(H2,25,27). The number of nitrogens with two attached hydrogens (primary N) is 1. The van der Waals surface area contributed by atoms with E-state index in [0.29, 0.717) is 22.5 Å². The van der Waals surface area contributed by atoms with E-state index in [1.807, 2.05) is 60.7 Å². The van der Waals surface area contributed by atoms with Crippen LogP contribution in [0.5, 0.6) is 5.75 Å². The third-order valence-electron chi connectivity index (χ3n) is 3.84. The average Bonchev–Trinajstić information content (AvgIpc) is 2.72. The van der Waals surface area contributed by atoms with E-state index < -0.39 is 0 Å². The van der Waals surface area contributed by atoms with Gasteiger partial charge >= 0.3 is 0 Å². The number of amidine groups is 1. The average molecular weight is 489 g/mol. The first kappa shape index (κ1) is 21.4. The molecule has 3 aromatic rings. The van der Waals surface area contributed by atoms with Gasteiger partial charge in [-0.1, -0.05) is 81.8 Å². The van der Waals surface area contributed by atoms with Crippen molar-refractivity contribution in [3.05, 3.63) is 99.0 Å². The van der Waals surface area contributed by atoms with Crippen LogP contribution in [0.1, 0.15) is 16.7 Å². The number of halogens is 2. The van der Waals surface area contributed by atoms with Crippen molar-refractivity contribution in [3.8, 4) is 5.75 Å². The van der Waals surface area contributed by atoms with Crippen LogP contribution in [0.15, 0.2) is 87.5 Å². The summed E-state index contributed by atoms with van der Waals surface area (Å²) in [5.74, 6) is 1.41. The Kier molecular flexibility index (Phi) is 8.16. The first-order valence-corrected chi connectivity index (χ1v) is 11.0. The summed E-state index contributed by atoms with van der Waals surface area (Å²) in [6.45, 7) is 0.431. The van der Waals surface area contributed by atoms with Crippen LogP contribution in [-0.2, 0) is 12.4 Å². The Bertz CT molecular complexity index is 1010. The summed E-state index contributed by atoms with van der Waals surface area (Å²) in [5.41, 5.74) is 8.90. The highest BCUT2D eigenvalue weighted by atomic mass is 79.9. The fourth-order valence-electron chi connectivity index (χ4n) is 2.45. The van der Waals surface area contributed by atoms with E-state index >= 15 is 0 Å². The maximum absolute atomic E-state index is 6.13. The van der Waals surface area contributed by atoms with Crippen LogP contribution in [0.4, 0.5) is 0 Å².